The number of likely N-dealkylation sites (tertiary alicyclic amines) is 1. The van der Waals surface area contributed by atoms with Gasteiger partial charge in [0.05, 0.1) is 12.2 Å². The molecule has 1 N–H and O–H groups in total. The Balaban J connectivity index is 1.69. The molecule has 20 heavy (non-hydrogen) atoms. The molecule has 2 rings (SSSR count). The van der Waals surface area contributed by atoms with E-state index in [1.165, 1.54) is 25.9 Å². The Morgan fingerprint density at radius 1 is 1.25 bits per heavy atom. The molecule has 1 fully saturated rings. The van der Waals surface area contributed by atoms with Gasteiger partial charge in [-0.3, -0.25) is 4.68 Å². The molecule has 1 saturated heterocycles. The largest absolute Gasteiger partial charge is 0.311 e. The van der Waals surface area contributed by atoms with Gasteiger partial charge in [-0.05, 0) is 44.3 Å². The van der Waals surface area contributed by atoms with E-state index in [4.69, 9.17) is 0 Å². The molecule has 1 aliphatic rings. The number of nitrogens with zero attached hydrogens (tertiary/aromatic N) is 4. The van der Waals surface area contributed by atoms with E-state index in [0.717, 1.165) is 38.3 Å². The number of rotatable bonds is 7. The lowest BCUT2D eigenvalue weighted by atomic mass is 9.83. The molecule has 0 saturated carbocycles. The lowest BCUT2D eigenvalue weighted by Crippen LogP contribution is -2.38. The van der Waals surface area contributed by atoms with E-state index in [1.54, 1.807) is 0 Å². The van der Waals surface area contributed by atoms with Crippen molar-refractivity contribution in [2.75, 3.05) is 26.2 Å². The molecule has 1 aliphatic heterocycles. The molecule has 0 aliphatic carbocycles. The molecule has 0 unspecified atom stereocenters. The minimum absolute atomic E-state index is 0.530. The molecular formula is C15H29N5. The first kappa shape index (κ1) is 15.4. The Morgan fingerprint density at radius 2 is 2.00 bits per heavy atom. The van der Waals surface area contributed by atoms with Crippen LogP contribution in [-0.2, 0) is 13.1 Å². The number of hydrogen-bond donors (Lipinski definition) is 1. The summed E-state index contributed by atoms with van der Waals surface area (Å²) in [5, 5.41) is 11.8. The highest BCUT2D eigenvalue weighted by Gasteiger charge is 2.24. The SMILES string of the molecule is CCCNCc1cn(CCN2CCC(C)(C)CC2)nn1. The first-order valence-corrected chi connectivity index (χ1v) is 7.91. The summed E-state index contributed by atoms with van der Waals surface area (Å²) in [5.74, 6) is 0. The normalized spacial score (nSPS) is 19.4. The predicted molar refractivity (Wildman–Crippen MR) is 81.5 cm³/mol. The van der Waals surface area contributed by atoms with Gasteiger partial charge in [0.2, 0.25) is 0 Å². The Morgan fingerprint density at radius 3 is 2.70 bits per heavy atom. The fourth-order valence-corrected chi connectivity index (χ4v) is 2.55. The molecule has 0 aromatic carbocycles. The quantitative estimate of drug-likeness (QED) is 0.774. The van der Waals surface area contributed by atoms with E-state index in [9.17, 15) is 0 Å². The molecule has 114 valence electrons. The Labute approximate surface area is 122 Å². The number of piperidine rings is 1. The summed E-state index contributed by atoms with van der Waals surface area (Å²) >= 11 is 0. The van der Waals surface area contributed by atoms with Crippen molar-refractivity contribution in [3.63, 3.8) is 0 Å². The third-order valence-corrected chi connectivity index (χ3v) is 4.17. The van der Waals surface area contributed by atoms with Crippen LogP contribution in [0.4, 0.5) is 0 Å². The fourth-order valence-electron chi connectivity index (χ4n) is 2.55. The van der Waals surface area contributed by atoms with Crippen LogP contribution in [0, 0.1) is 5.41 Å². The summed E-state index contributed by atoms with van der Waals surface area (Å²) in [4.78, 5) is 2.54. The van der Waals surface area contributed by atoms with Gasteiger partial charge in [0.25, 0.3) is 0 Å². The highest BCUT2D eigenvalue weighted by Crippen LogP contribution is 2.29. The third-order valence-electron chi connectivity index (χ3n) is 4.17. The average Bonchev–Trinajstić information content (AvgIpc) is 2.86. The van der Waals surface area contributed by atoms with Crippen LogP contribution in [0.5, 0.6) is 0 Å². The van der Waals surface area contributed by atoms with Crippen LogP contribution in [0.1, 0.15) is 45.7 Å². The van der Waals surface area contributed by atoms with E-state index in [0.29, 0.717) is 5.41 Å². The molecule has 1 aromatic heterocycles. The van der Waals surface area contributed by atoms with Gasteiger partial charge in [-0.15, -0.1) is 5.10 Å². The maximum absolute atomic E-state index is 4.21. The Kier molecular flexibility index (Phi) is 5.54. The summed E-state index contributed by atoms with van der Waals surface area (Å²) in [7, 11) is 0. The first-order chi connectivity index (χ1) is 9.59. The van der Waals surface area contributed by atoms with E-state index in [-0.39, 0.29) is 0 Å². The van der Waals surface area contributed by atoms with Crippen molar-refractivity contribution < 1.29 is 0 Å². The molecule has 0 bridgehead atoms. The maximum atomic E-state index is 4.21. The Hall–Kier alpha value is -0.940. The van der Waals surface area contributed by atoms with Gasteiger partial charge in [-0.25, -0.2) is 0 Å². The zero-order valence-corrected chi connectivity index (χ0v) is 13.2. The second-order valence-corrected chi connectivity index (χ2v) is 6.66. The zero-order valence-electron chi connectivity index (χ0n) is 13.2. The standard InChI is InChI=1S/C15H29N5/c1-4-7-16-12-14-13-20(18-17-14)11-10-19-8-5-15(2,3)6-9-19/h13,16H,4-12H2,1-3H3. The predicted octanol–water partition coefficient (Wildman–Crippen LogP) is 1.90. The van der Waals surface area contributed by atoms with Crippen LogP contribution < -0.4 is 5.32 Å². The Bertz CT molecular complexity index is 389. The number of nitrogens with one attached hydrogen (secondary N) is 1. The van der Waals surface area contributed by atoms with Gasteiger partial charge in [0, 0.05) is 19.3 Å². The first-order valence-electron chi connectivity index (χ1n) is 7.91. The van der Waals surface area contributed by atoms with Gasteiger partial charge in [-0.1, -0.05) is 26.0 Å². The lowest BCUT2D eigenvalue weighted by Gasteiger charge is -2.36. The van der Waals surface area contributed by atoms with E-state index < -0.39 is 0 Å². The minimum atomic E-state index is 0.530. The molecule has 1 aromatic rings. The lowest BCUT2D eigenvalue weighted by molar-refractivity contribution is 0.128. The van der Waals surface area contributed by atoms with Crippen molar-refractivity contribution in [1.29, 1.82) is 0 Å². The van der Waals surface area contributed by atoms with Gasteiger partial charge in [0.1, 0.15) is 0 Å². The highest BCUT2D eigenvalue weighted by atomic mass is 15.4. The monoisotopic (exact) mass is 279 g/mol. The van der Waals surface area contributed by atoms with E-state index in [1.807, 2.05) is 4.68 Å². The van der Waals surface area contributed by atoms with Gasteiger partial charge in [-0.2, -0.15) is 0 Å². The summed E-state index contributed by atoms with van der Waals surface area (Å²) < 4.78 is 1.97. The summed E-state index contributed by atoms with van der Waals surface area (Å²) in [6.07, 6.45) is 5.82. The maximum Gasteiger partial charge on any atom is 0.0964 e. The van der Waals surface area contributed by atoms with Crippen molar-refractivity contribution in [2.24, 2.45) is 5.41 Å². The molecule has 5 nitrogen and oxygen atoms in total. The minimum Gasteiger partial charge on any atom is -0.311 e. The fraction of sp³-hybridized carbons (Fsp3) is 0.867. The van der Waals surface area contributed by atoms with Crippen molar-refractivity contribution in [3.05, 3.63) is 11.9 Å². The molecule has 0 amide bonds. The van der Waals surface area contributed by atoms with Crippen molar-refractivity contribution in [2.45, 2.75) is 53.1 Å². The highest BCUT2D eigenvalue weighted by molar-refractivity contribution is 4.91. The van der Waals surface area contributed by atoms with Crippen molar-refractivity contribution in [1.82, 2.24) is 25.2 Å². The second kappa shape index (κ2) is 7.18. The van der Waals surface area contributed by atoms with Crippen molar-refractivity contribution in [3.8, 4) is 0 Å². The molecule has 5 heteroatoms. The van der Waals surface area contributed by atoms with Crippen LogP contribution in [-0.4, -0.2) is 46.1 Å². The van der Waals surface area contributed by atoms with Crippen LogP contribution in [0.2, 0.25) is 0 Å². The molecule has 0 radical (unpaired) electrons. The molecule has 0 atom stereocenters. The van der Waals surface area contributed by atoms with Crippen molar-refractivity contribution >= 4 is 0 Å². The van der Waals surface area contributed by atoms with Gasteiger partial charge in [0.15, 0.2) is 0 Å². The van der Waals surface area contributed by atoms with E-state index >= 15 is 0 Å². The zero-order chi connectivity index (χ0) is 14.4. The number of hydrogen-bond acceptors (Lipinski definition) is 4. The third kappa shape index (κ3) is 4.87. The number of aromatic nitrogens is 3. The molecule has 0 spiro atoms. The van der Waals surface area contributed by atoms with Crippen LogP contribution in [0.25, 0.3) is 0 Å². The topological polar surface area (TPSA) is 46.0 Å². The van der Waals surface area contributed by atoms with Crippen LogP contribution in [0.15, 0.2) is 6.20 Å². The molecule has 2 heterocycles. The van der Waals surface area contributed by atoms with Gasteiger partial charge >= 0.3 is 0 Å². The second-order valence-electron chi connectivity index (χ2n) is 6.66. The van der Waals surface area contributed by atoms with Crippen LogP contribution in [0.3, 0.4) is 0 Å². The average molecular weight is 279 g/mol. The smallest absolute Gasteiger partial charge is 0.0964 e. The summed E-state index contributed by atoms with van der Waals surface area (Å²) in [5.41, 5.74) is 1.57. The van der Waals surface area contributed by atoms with E-state index in [2.05, 4.69) is 47.5 Å². The van der Waals surface area contributed by atoms with Gasteiger partial charge < -0.3 is 10.2 Å². The molecular weight excluding hydrogens is 250 g/mol. The summed E-state index contributed by atoms with van der Waals surface area (Å²) in [6.45, 7) is 13.2. The summed E-state index contributed by atoms with van der Waals surface area (Å²) in [6, 6.07) is 0. The van der Waals surface area contributed by atoms with Crippen LogP contribution >= 0.6 is 0 Å².